The van der Waals surface area contributed by atoms with Crippen LogP contribution in [-0.4, -0.2) is 29.3 Å². The van der Waals surface area contributed by atoms with Crippen LogP contribution in [0.4, 0.5) is 15.9 Å². The molecule has 1 aromatic carbocycles. The van der Waals surface area contributed by atoms with Gasteiger partial charge in [-0.2, -0.15) is 0 Å². The van der Waals surface area contributed by atoms with Crippen molar-refractivity contribution in [3.8, 4) is 5.75 Å². The lowest BCUT2D eigenvalue weighted by Crippen LogP contribution is -2.26. The lowest BCUT2D eigenvalue weighted by atomic mass is 10.1. The summed E-state index contributed by atoms with van der Waals surface area (Å²) < 4.78 is 24.7. The first-order valence-corrected chi connectivity index (χ1v) is 6.88. The topological polar surface area (TPSA) is 56.3 Å². The molecule has 1 aliphatic heterocycles. The Morgan fingerprint density at radius 1 is 1.24 bits per heavy atom. The molecule has 21 heavy (non-hydrogen) atoms. The van der Waals surface area contributed by atoms with Crippen molar-refractivity contribution in [2.45, 2.75) is 18.9 Å². The maximum atomic E-state index is 13.5. The van der Waals surface area contributed by atoms with Gasteiger partial charge < -0.3 is 14.8 Å². The quantitative estimate of drug-likeness (QED) is 0.938. The minimum atomic E-state index is -0.328. The fourth-order valence-corrected chi connectivity index (χ4v) is 2.17. The summed E-state index contributed by atoms with van der Waals surface area (Å²) >= 11 is 0. The summed E-state index contributed by atoms with van der Waals surface area (Å²) in [6, 6.07) is 6.16. The molecule has 0 aliphatic carbocycles. The van der Waals surface area contributed by atoms with Gasteiger partial charge in [-0.1, -0.05) is 0 Å². The molecule has 0 spiro atoms. The Labute approximate surface area is 122 Å². The van der Waals surface area contributed by atoms with E-state index in [-0.39, 0.29) is 11.9 Å². The van der Waals surface area contributed by atoms with Crippen molar-refractivity contribution < 1.29 is 13.9 Å². The van der Waals surface area contributed by atoms with Gasteiger partial charge in [0.05, 0.1) is 18.9 Å². The summed E-state index contributed by atoms with van der Waals surface area (Å²) in [5.41, 5.74) is 0.682. The SMILES string of the molecule is Fc1ccc(Nc2ccncn2)c(OC2CCOCC2)c1. The number of hydrogen-bond donors (Lipinski definition) is 1. The second kappa shape index (κ2) is 6.49. The third-order valence-corrected chi connectivity index (χ3v) is 3.25. The van der Waals surface area contributed by atoms with E-state index in [4.69, 9.17) is 9.47 Å². The zero-order chi connectivity index (χ0) is 14.5. The van der Waals surface area contributed by atoms with Crippen LogP contribution in [0.25, 0.3) is 0 Å². The zero-order valence-electron chi connectivity index (χ0n) is 11.5. The second-order valence-electron chi connectivity index (χ2n) is 4.79. The summed E-state index contributed by atoms with van der Waals surface area (Å²) in [6.45, 7) is 1.35. The molecular weight excluding hydrogens is 273 g/mol. The standard InChI is InChI=1S/C15H16FN3O2/c16-11-1-2-13(19-15-3-6-17-10-18-15)14(9-11)21-12-4-7-20-8-5-12/h1-3,6,9-10,12H,4-5,7-8H2,(H,17,18,19). The van der Waals surface area contributed by atoms with Crippen LogP contribution >= 0.6 is 0 Å². The molecule has 1 aliphatic rings. The van der Waals surface area contributed by atoms with E-state index in [9.17, 15) is 4.39 Å². The molecule has 0 atom stereocenters. The van der Waals surface area contributed by atoms with Gasteiger partial charge in [-0.3, -0.25) is 0 Å². The molecule has 3 rings (SSSR count). The van der Waals surface area contributed by atoms with Crippen LogP contribution in [0, 0.1) is 5.82 Å². The number of aromatic nitrogens is 2. The van der Waals surface area contributed by atoms with Crippen LogP contribution in [0.2, 0.25) is 0 Å². The number of anilines is 2. The number of nitrogens with one attached hydrogen (secondary N) is 1. The lowest BCUT2D eigenvalue weighted by molar-refractivity contribution is 0.0257. The highest BCUT2D eigenvalue weighted by Crippen LogP contribution is 2.30. The molecule has 1 N–H and O–H groups in total. The normalized spacial score (nSPS) is 15.7. The Morgan fingerprint density at radius 3 is 2.86 bits per heavy atom. The predicted octanol–water partition coefficient (Wildman–Crippen LogP) is 2.92. The van der Waals surface area contributed by atoms with Gasteiger partial charge in [-0.15, -0.1) is 0 Å². The van der Waals surface area contributed by atoms with Gasteiger partial charge >= 0.3 is 0 Å². The molecule has 2 aromatic rings. The Balaban J connectivity index is 1.79. The van der Waals surface area contributed by atoms with Crippen LogP contribution < -0.4 is 10.1 Å². The first-order chi connectivity index (χ1) is 10.3. The van der Waals surface area contributed by atoms with Crippen LogP contribution in [0.15, 0.2) is 36.8 Å². The third kappa shape index (κ3) is 3.66. The Morgan fingerprint density at radius 2 is 2.10 bits per heavy atom. The molecule has 2 heterocycles. The number of benzene rings is 1. The largest absolute Gasteiger partial charge is 0.488 e. The van der Waals surface area contributed by atoms with E-state index in [1.807, 2.05) is 0 Å². The second-order valence-corrected chi connectivity index (χ2v) is 4.79. The number of ether oxygens (including phenoxy) is 2. The highest BCUT2D eigenvalue weighted by molar-refractivity contribution is 5.63. The molecule has 0 radical (unpaired) electrons. The highest BCUT2D eigenvalue weighted by Gasteiger charge is 2.17. The molecule has 1 aromatic heterocycles. The van der Waals surface area contributed by atoms with Gasteiger partial charge in [0.15, 0.2) is 0 Å². The van der Waals surface area contributed by atoms with E-state index >= 15 is 0 Å². The smallest absolute Gasteiger partial charge is 0.146 e. The summed E-state index contributed by atoms with van der Waals surface area (Å²) in [5, 5.41) is 3.12. The van der Waals surface area contributed by atoms with E-state index < -0.39 is 0 Å². The van der Waals surface area contributed by atoms with Gasteiger partial charge in [0, 0.05) is 25.1 Å². The number of nitrogens with zero attached hydrogens (tertiary/aromatic N) is 2. The van der Waals surface area contributed by atoms with Crippen LogP contribution in [0.3, 0.4) is 0 Å². The molecular formula is C15H16FN3O2. The van der Waals surface area contributed by atoms with E-state index in [1.165, 1.54) is 18.5 Å². The maximum absolute atomic E-state index is 13.5. The van der Waals surface area contributed by atoms with E-state index in [0.717, 1.165) is 12.8 Å². The van der Waals surface area contributed by atoms with Crippen LogP contribution in [0.1, 0.15) is 12.8 Å². The molecule has 0 unspecified atom stereocenters. The minimum Gasteiger partial charge on any atom is -0.488 e. The molecule has 110 valence electrons. The van der Waals surface area contributed by atoms with Crippen molar-refractivity contribution >= 4 is 11.5 Å². The Kier molecular flexibility index (Phi) is 4.25. The van der Waals surface area contributed by atoms with Crippen LogP contribution in [-0.2, 0) is 4.74 Å². The van der Waals surface area contributed by atoms with Crippen molar-refractivity contribution in [1.82, 2.24) is 9.97 Å². The predicted molar refractivity (Wildman–Crippen MR) is 76.2 cm³/mol. The van der Waals surface area contributed by atoms with Crippen molar-refractivity contribution in [3.63, 3.8) is 0 Å². The number of halogens is 1. The van der Waals surface area contributed by atoms with E-state index in [1.54, 1.807) is 18.3 Å². The first-order valence-electron chi connectivity index (χ1n) is 6.88. The monoisotopic (exact) mass is 289 g/mol. The van der Waals surface area contributed by atoms with Crippen molar-refractivity contribution in [1.29, 1.82) is 0 Å². The van der Waals surface area contributed by atoms with E-state index in [2.05, 4.69) is 15.3 Å². The fraction of sp³-hybridized carbons (Fsp3) is 0.333. The molecule has 0 saturated carbocycles. The summed E-state index contributed by atoms with van der Waals surface area (Å²) in [5.74, 6) is 0.791. The maximum Gasteiger partial charge on any atom is 0.146 e. The van der Waals surface area contributed by atoms with Crippen molar-refractivity contribution in [2.75, 3.05) is 18.5 Å². The number of hydrogen-bond acceptors (Lipinski definition) is 5. The van der Waals surface area contributed by atoms with Gasteiger partial charge in [-0.25, -0.2) is 14.4 Å². The fourth-order valence-electron chi connectivity index (χ4n) is 2.17. The summed E-state index contributed by atoms with van der Waals surface area (Å²) in [7, 11) is 0. The van der Waals surface area contributed by atoms with Gasteiger partial charge in [-0.05, 0) is 18.2 Å². The van der Waals surface area contributed by atoms with Crippen LogP contribution in [0.5, 0.6) is 5.75 Å². The highest BCUT2D eigenvalue weighted by atomic mass is 19.1. The molecule has 6 heteroatoms. The molecule has 5 nitrogen and oxygen atoms in total. The average Bonchev–Trinajstić information content (AvgIpc) is 2.52. The lowest BCUT2D eigenvalue weighted by Gasteiger charge is -2.24. The molecule has 0 amide bonds. The number of rotatable bonds is 4. The summed E-state index contributed by atoms with van der Waals surface area (Å²) in [6.07, 6.45) is 4.75. The van der Waals surface area contributed by atoms with Gasteiger partial charge in [0.25, 0.3) is 0 Å². The van der Waals surface area contributed by atoms with Gasteiger partial charge in [0.2, 0.25) is 0 Å². The molecule has 0 bridgehead atoms. The minimum absolute atomic E-state index is 0.0477. The summed E-state index contributed by atoms with van der Waals surface area (Å²) in [4.78, 5) is 7.95. The van der Waals surface area contributed by atoms with Crippen molar-refractivity contribution in [2.24, 2.45) is 0 Å². The third-order valence-electron chi connectivity index (χ3n) is 3.25. The molecule has 1 fully saturated rings. The average molecular weight is 289 g/mol. The Hall–Kier alpha value is -2.21. The van der Waals surface area contributed by atoms with Crippen molar-refractivity contribution in [3.05, 3.63) is 42.6 Å². The first kappa shape index (κ1) is 13.8. The Bertz CT molecular complexity index is 589. The molecule has 1 saturated heterocycles. The zero-order valence-corrected chi connectivity index (χ0v) is 11.5. The van der Waals surface area contributed by atoms with Gasteiger partial charge in [0.1, 0.15) is 29.8 Å². The van der Waals surface area contributed by atoms with E-state index in [0.29, 0.717) is 30.5 Å².